The van der Waals surface area contributed by atoms with Gasteiger partial charge in [-0.05, 0) is 31.4 Å². The summed E-state index contributed by atoms with van der Waals surface area (Å²) in [6, 6.07) is 8.40. The van der Waals surface area contributed by atoms with E-state index in [-0.39, 0.29) is 17.9 Å². The number of amides is 1. The first-order valence-electron chi connectivity index (χ1n) is 7.35. The van der Waals surface area contributed by atoms with Crippen LogP contribution >= 0.6 is 0 Å². The molecule has 0 spiro atoms. The largest absolute Gasteiger partial charge is 0.385 e. The van der Waals surface area contributed by atoms with Gasteiger partial charge >= 0.3 is 0 Å². The average molecular weight is 260 g/mol. The first-order valence-corrected chi connectivity index (χ1v) is 7.35. The number of nitrogens with one attached hydrogen (secondary N) is 2. The first-order chi connectivity index (χ1) is 9.22. The summed E-state index contributed by atoms with van der Waals surface area (Å²) in [5.41, 5.74) is 2.24. The highest BCUT2D eigenvalue weighted by molar-refractivity contribution is 5.86. The van der Waals surface area contributed by atoms with Crippen molar-refractivity contribution >= 4 is 11.6 Å². The van der Waals surface area contributed by atoms with Gasteiger partial charge in [-0.2, -0.15) is 0 Å². The molecular formula is C16H24N2O. The Morgan fingerprint density at radius 3 is 3.05 bits per heavy atom. The molecule has 1 aliphatic heterocycles. The predicted octanol–water partition coefficient (Wildman–Crippen LogP) is 3.28. The van der Waals surface area contributed by atoms with E-state index in [4.69, 9.17) is 0 Å². The molecule has 1 amide bonds. The van der Waals surface area contributed by atoms with Crippen molar-refractivity contribution in [3.8, 4) is 0 Å². The summed E-state index contributed by atoms with van der Waals surface area (Å²) < 4.78 is 0. The maximum atomic E-state index is 12.4. The summed E-state index contributed by atoms with van der Waals surface area (Å²) in [5.74, 6) is 0.180. The van der Waals surface area contributed by atoms with E-state index in [2.05, 4.69) is 36.6 Å². The van der Waals surface area contributed by atoms with Crippen molar-refractivity contribution in [1.82, 2.24) is 5.32 Å². The summed E-state index contributed by atoms with van der Waals surface area (Å²) in [4.78, 5) is 12.4. The standard InChI is InChI=1S/C16H24N2O/c1-3-4-7-12(2)18-16(19)14-10-11-17-15-9-6-5-8-13(14)15/h5-6,8-9,12,14,17H,3-4,7,10-11H2,1-2H3,(H,18,19). The molecule has 2 unspecified atom stereocenters. The zero-order valence-corrected chi connectivity index (χ0v) is 11.9. The molecule has 104 valence electrons. The molecule has 0 aliphatic carbocycles. The number of hydrogen-bond acceptors (Lipinski definition) is 2. The van der Waals surface area contributed by atoms with Crippen molar-refractivity contribution in [2.24, 2.45) is 0 Å². The van der Waals surface area contributed by atoms with Crippen molar-refractivity contribution in [2.45, 2.75) is 51.5 Å². The number of anilines is 1. The number of carbonyl (C=O) groups is 1. The third kappa shape index (κ3) is 3.49. The highest BCUT2D eigenvalue weighted by Crippen LogP contribution is 2.31. The maximum Gasteiger partial charge on any atom is 0.227 e. The Morgan fingerprint density at radius 2 is 2.26 bits per heavy atom. The molecule has 1 aliphatic rings. The van der Waals surface area contributed by atoms with Crippen LogP contribution in [0.5, 0.6) is 0 Å². The number of unbranched alkanes of at least 4 members (excludes halogenated alkanes) is 1. The first kappa shape index (κ1) is 13.9. The Kier molecular flexibility index (Phi) is 4.83. The topological polar surface area (TPSA) is 41.1 Å². The van der Waals surface area contributed by atoms with Gasteiger partial charge in [-0.1, -0.05) is 38.0 Å². The second-order valence-electron chi connectivity index (χ2n) is 5.41. The summed E-state index contributed by atoms with van der Waals surface area (Å²) in [7, 11) is 0. The fourth-order valence-electron chi connectivity index (χ4n) is 2.67. The lowest BCUT2D eigenvalue weighted by molar-refractivity contribution is -0.123. The Morgan fingerprint density at radius 1 is 1.47 bits per heavy atom. The fraction of sp³-hybridized carbons (Fsp3) is 0.562. The van der Waals surface area contributed by atoms with Crippen LogP contribution in [0.2, 0.25) is 0 Å². The lowest BCUT2D eigenvalue weighted by Crippen LogP contribution is -2.38. The van der Waals surface area contributed by atoms with Gasteiger partial charge < -0.3 is 10.6 Å². The number of carbonyl (C=O) groups excluding carboxylic acids is 1. The van der Waals surface area contributed by atoms with E-state index in [1.807, 2.05) is 12.1 Å². The van der Waals surface area contributed by atoms with E-state index >= 15 is 0 Å². The van der Waals surface area contributed by atoms with Gasteiger partial charge in [0.25, 0.3) is 0 Å². The van der Waals surface area contributed by atoms with Crippen molar-refractivity contribution < 1.29 is 4.79 Å². The van der Waals surface area contributed by atoms with Crippen molar-refractivity contribution in [1.29, 1.82) is 0 Å². The molecule has 2 atom stereocenters. The minimum absolute atomic E-state index is 0.00141. The van der Waals surface area contributed by atoms with E-state index in [1.54, 1.807) is 0 Å². The SMILES string of the molecule is CCCCC(C)NC(=O)C1CCNc2ccccc21. The van der Waals surface area contributed by atoms with E-state index in [0.717, 1.165) is 30.6 Å². The predicted molar refractivity (Wildman–Crippen MR) is 79.4 cm³/mol. The maximum absolute atomic E-state index is 12.4. The van der Waals surface area contributed by atoms with Crippen LogP contribution in [-0.4, -0.2) is 18.5 Å². The molecule has 2 N–H and O–H groups in total. The fourth-order valence-corrected chi connectivity index (χ4v) is 2.67. The van der Waals surface area contributed by atoms with Gasteiger partial charge in [-0.3, -0.25) is 4.79 Å². The summed E-state index contributed by atoms with van der Waals surface area (Å²) in [6.45, 7) is 5.15. The molecule has 0 saturated carbocycles. The summed E-state index contributed by atoms with van der Waals surface area (Å²) in [5, 5.41) is 6.51. The minimum Gasteiger partial charge on any atom is -0.385 e. The molecule has 1 aromatic rings. The van der Waals surface area contributed by atoms with Crippen LogP contribution in [0.15, 0.2) is 24.3 Å². The van der Waals surface area contributed by atoms with Gasteiger partial charge in [-0.25, -0.2) is 0 Å². The Bertz CT molecular complexity index is 431. The highest BCUT2D eigenvalue weighted by Gasteiger charge is 2.26. The van der Waals surface area contributed by atoms with Crippen molar-refractivity contribution in [3.05, 3.63) is 29.8 Å². The quantitative estimate of drug-likeness (QED) is 0.853. The van der Waals surface area contributed by atoms with Gasteiger partial charge in [0.2, 0.25) is 5.91 Å². The third-order valence-electron chi connectivity index (χ3n) is 3.78. The molecule has 1 aromatic carbocycles. The second-order valence-corrected chi connectivity index (χ2v) is 5.41. The zero-order chi connectivity index (χ0) is 13.7. The zero-order valence-electron chi connectivity index (χ0n) is 11.9. The van der Waals surface area contributed by atoms with Crippen LogP contribution in [0.3, 0.4) is 0 Å². The van der Waals surface area contributed by atoms with Crippen molar-refractivity contribution in [3.63, 3.8) is 0 Å². The molecular weight excluding hydrogens is 236 g/mol. The smallest absolute Gasteiger partial charge is 0.227 e. The average Bonchev–Trinajstić information content (AvgIpc) is 2.44. The highest BCUT2D eigenvalue weighted by atomic mass is 16.1. The van der Waals surface area contributed by atoms with Gasteiger partial charge in [0.05, 0.1) is 5.92 Å². The van der Waals surface area contributed by atoms with E-state index in [9.17, 15) is 4.79 Å². The van der Waals surface area contributed by atoms with Crippen LogP contribution < -0.4 is 10.6 Å². The number of rotatable bonds is 5. The van der Waals surface area contributed by atoms with Crippen LogP contribution in [-0.2, 0) is 4.79 Å². The number of para-hydroxylation sites is 1. The number of benzene rings is 1. The van der Waals surface area contributed by atoms with Gasteiger partial charge in [0.15, 0.2) is 0 Å². The third-order valence-corrected chi connectivity index (χ3v) is 3.78. The molecule has 3 heteroatoms. The lowest BCUT2D eigenvalue weighted by atomic mass is 9.90. The van der Waals surface area contributed by atoms with E-state index in [1.165, 1.54) is 12.8 Å². The molecule has 19 heavy (non-hydrogen) atoms. The van der Waals surface area contributed by atoms with E-state index in [0.29, 0.717) is 0 Å². The Balaban J connectivity index is 2.00. The second kappa shape index (κ2) is 6.60. The minimum atomic E-state index is 0.00141. The normalized spacial score (nSPS) is 19.2. The number of fused-ring (bicyclic) bond motifs is 1. The molecule has 0 radical (unpaired) electrons. The monoisotopic (exact) mass is 260 g/mol. The Labute approximate surface area is 115 Å². The van der Waals surface area contributed by atoms with Crippen molar-refractivity contribution in [2.75, 3.05) is 11.9 Å². The van der Waals surface area contributed by atoms with Crippen LogP contribution in [0.1, 0.15) is 51.0 Å². The van der Waals surface area contributed by atoms with Crippen LogP contribution in [0.25, 0.3) is 0 Å². The van der Waals surface area contributed by atoms with Gasteiger partial charge in [0.1, 0.15) is 0 Å². The molecule has 2 rings (SSSR count). The van der Waals surface area contributed by atoms with Gasteiger partial charge in [-0.15, -0.1) is 0 Å². The van der Waals surface area contributed by atoms with Gasteiger partial charge in [0, 0.05) is 18.3 Å². The molecule has 0 fully saturated rings. The molecule has 0 aromatic heterocycles. The summed E-state index contributed by atoms with van der Waals surface area (Å²) in [6.07, 6.45) is 4.29. The van der Waals surface area contributed by atoms with E-state index < -0.39 is 0 Å². The molecule has 0 bridgehead atoms. The van der Waals surface area contributed by atoms with Crippen LogP contribution in [0.4, 0.5) is 5.69 Å². The molecule has 0 saturated heterocycles. The molecule has 1 heterocycles. The lowest BCUT2D eigenvalue weighted by Gasteiger charge is -2.27. The Hall–Kier alpha value is -1.51. The summed E-state index contributed by atoms with van der Waals surface area (Å²) >= 11 is 0. The molecule has 3 nitrogen and oxygen atoms in total. The van der Waals surface area contributed by atoms with Crippen LogP contribution in [0, 0.1) is 0 Å². The number of hydrogen-bond donors (Lipinski definition) is 2.